The number of aryl methyl sites for hydroxylation is 2. The largest absolute Gasteiger partial charge is 0.334 e. The minimum absolute atomic E-state index is 0.0544. The number of nitrogens with zero attached hydrogens (tertiary/aromatic N) is 4. The number of rotatable bonds is 4. The second-order valence-electron chi connectivity index (χ2n) is 5.19. The van der Waals surface area contributed by atoms with Gasteiger partial charge in [-0.2, -0.15) is 0 Å². The average molecular weight is 314 g/mol. The summed E-state index contributed by atoms with van der Waals surface area (Å²) in [7, 11) is 0. The quantitative estimate of drug-likeness (QED) is 0.743. The van der Waals surface area contributed by atoms with Crippen molar-refractivity contribution < 1.29 is 4.79 Å². The van der Waals surface area contributed by atoms with E-state index in [2.05, 4.69) is 10.2 Å². The van der Waals surface area contributed by atoms with Crippen LogP contribution in [0.3, 0.4) is 0 Å². The Labute approximate surface area is 133 Å². The van der Waals surface area contributed by atoms with E-state index in [1.54, 1.807) is 0 Å². The SMILES string of the molecule is CCN(Cc1ccccc1)C(=O)c1sc2nnc(C)n2c1C. The second kappa shape index (κ2) is 5.88. The standard InChI is InChI=1S/C16H18N4OS/c1-4-19(10-13-8-6-5-7-9-13)15(21)14-11(2)20-12(3)17-18-16(20)22-14/h5-9H,4,10H2,1-3H3. The molecule has 0 aliphatic heterocycles. The van der Waals surface area contributed by atoms with E-state index >= 15 is 0 Å². The highest BCUT2D eigenvalue weighted by Gasteiger charge is 2.22. The number of hydrogen-bond acceptors (Lipinski definition) is 4. The summed E-state index contributed by atoms with van der Waals surface area (Å²) in [6, 6.07) is 10.0. The summed E-state index contributed by atoms with van der Waals surface area (Å²) >= 11 is 1.41. The van der Waals surface area contributed by atoms with Crippen molar-refractivity contribution in [3.05, 3.63) is 52.3 Å². The molecule has 0 aliphatic rings. The molecule has 0 unspecified atom stereocenters. The van der Waals surface area contributed by atoms with Gasteiger partial charge in [0.15, 0.2) is 0 Å². The van der Waals surface area contributed by atoms with Gasteiger partial charge in [0.2, 0.25) is 4.96 Å². The number of benzene rings is 1. The van der Waals surface area contributed by atoms with Crippen LogP contribution < -0.4 is 0 Å². The lowest BCUT2D eigenvalue weighted by Crippen LogP contribution is -2.30. The molecule has 3 rings (SSSR count). The molecule has 1 aromatic carbocycles. The predicted molar refractivity (Wildman–Crippen MR) is 87.2 cm³/mol. The van der Waals surface area contributed by atoms with E-state index in [-0.39, 0.29) is 5.91 Å². The van der Waals surface area contributed by atoms with Crippen LogP contribution >= 0.6 is 11.3 Å². The Balaban J connectivity index is 1.91. The summed E-state index contributed by atoms with van der Waals surface area (Å²) in [5.41, 5.74) is 2.05. The second-order valence-corrected chi connectivity index (χ2v) is 6.16. The van der Waals surface area contributed by atoms with E-state index in [1.165, 1.54) is 11.3 Å². The number of amides is 1. The van der Waals surface area contributed by atoms with E-state index in [1.807, 2.05) is 60.4 Å². The van der Waals surface area contributed by atoms with Crippen molar-refractivity contribution in [3.8, 4) is 0 Å². The first-order chi connectivity index (χ1) is 10.6. The van der Waals surface area contributed by atoms with Gasteiger partial charge in [-0.25, -0.2) is 0 Å². The number of carbonyl (C=O) groups is 1. The fourth-order valence-corrected chi connectivity index (χ4v) is 3.61. The van der Waals surface area contributed by atoms with Crippen LogP contribution in [-0.4, -0.2) is 31.9 Å². The Morgan fingerprint density at radius 2 is 1.95 bits per heavy atom. The molecule has 22 heavy (non-hydrogen) atoms. The van der Waals surface area contributed by atoms with Crippen LogP contribution in [0.1, 0.15) is 33.7 Å². The smallest absolute Gasteiger partial charge is 0.266 e. The van der Waals surface area contributed by atoms with Gasteiger partial charge < -0.3 is 4.90 Å². The number of fused-ring (bicyclic) bond motifs is 1. The maximum Gasteiger partial charge on any atom is 0.266 e. The third-order valence-electron chi connectivity index (χ3n) is 3.73. The number of hydrogen-bond donors (Lipinski definition) is 0. The van der Waals surface area contributed by atoms with Gasteiger partial charge in [0.25, 0.3) is 5.91 Å². The first-order valence-corrected chi connectivity index (χ1v) is 8.07. The summed E-state index contributed by atoms with van der Waals surface area (Å²) in [5, 5.41) is 8.16. The summed E-state index contributed by atoms with van der Waals surface area (Å²) in [5.74, 6) is 0.868. The molecule has 0 atom stereocenters. The van der Waals surface area contributed by atoms with Gasteiger partial charge in [0.1, 0.15) is 10.7 Å². The Kier molecular flexibility index (Phi) is 3.94. The summed E-state index contributed by atoms with van der Waals surface area (Å²) in [4.78, 5) is 16.2. The normalized spacial score (nSPS) is 11.0. The lowest BCUT2D eigenvalue weighted by Gasteiger charge is -2.20. The number of thiazole rings is 1. The third-order valence-corrected chi connectivity index (χ3v) is 4.85. The molecule has 0 fully saturated rings. The van der Waals surface area contributed by atoms with Crippen LogP contribution in [0, 0.1) is 13.8 Å². The highest BCUT2D eigenvalue weighted by molar-refractivity contribution is 7.19. The van der Waals surface area contributed by atoms with Gasteiger partial charge in [-0.1, -0.05) is 41.7 Å². The number of aromatic nitrogens is 3. The molecule has 0 N–H and O–H groups in total. The number of carbonyl (C=O) groups excluding carboxylic acids is 1. The molecule has 3 aromatic rings. The molecule has 0 radical (unpaired) electrons. The minimum Gasteiger partial charge on any atom is -0.334 e. The molecular formula is C16H18N4OS. The third kappa shape index (κ3) is 2.50. The van der Waals surface area contributed by atoms with Crippen LogP contribution in [0.15, 0.2) is 30.3 Å². The van der Waals surface area contributed by atoms with Crippen LogP contribution in [0.2, 0.25) is 0 Å². The molecule has 2 heterocycles. The molecule has 1 amide bonds. The fraction of sp³-hybridized carbons (Fsp3) is 0.312. The van der Waals surface area contributed by atoms with E-state index in [9.17, 15) is 4.79 Å². The van der Waals surface area contributed by atoms with Crippen molar-refractivity contribution in [1.82, 2.24) is 19.5 Å². The minimum atomic E-state index is 0.0544. The maximum absolute atomic E-state index is 12.9. The molecular weight excluding hydrogens is 296 g/mol. The van der Waals surface area contributed by atoms with Gasteiger partial charge in [0, 0.05) is 18.8 Å². The Morgan fingerprint density at radius 1 is 1.23 bits per heavy atom. The van der Waals surface area contributed by atoms with Gasteiger partial charge in [-0.15, -0.1) is 10.2 Å². The summed E-state index contributed by atoms with van der Waals surface area (Å²) in [6.45, 7) is 7.14. The van der Waals surface area contributed by atoms with E-state index in [4.69, 9.17) is 0 Å². The van der Waals surface area contributed by atoms with E-state index < -0.39 is 0 Å². The first kappa shape index (κ1) is 14.7. The van der Waals surface area contributed by atoms with Crippen molar-refractivity contribution >= 4 is 22.2 Å². The van der Waals surface area contributed by atoms with Gasteiger partial charge in [-0.05, 0) is 26.3 Å². The molecule has 5 nitrogen and oxygen atoms in total. The maximum atomic E-state index is 12.9. The molecule has 0 saturated carbocycles. The zero-order valence-corrected chi connectivity index (χ0v) is 13.7. The van der Waals surface area contributed by atoms with Crippen molar-refractivity contribution in [3.63, 3.8) is 0 Å². The molecule has 0 spiro atoms. The summed E-state index contributed by atoms with van der Waals surface area (Å²) < 4.78 is 1.94. The molecule has 114 valence electrons. The van der Waals surface area contributed by atoms with Crippen LogP contribution in [0.4, 0.5) is 0 Å². The van der Waals surface area contributed by atoms with Gasteiger partial charge >= 0.3 is 0 Å². The highest BCUT2D eigenvalue weighted by atomic mass is 32.1. The topological polar surface area (TPSA) is 50.5 Å². The van der Waals surface area contributed by atoms with Crippen molar-refractivity contribution in [2.24, 2.45) is 0 Å². The first-order valence-electron chi connectivity index (χ1n) is 7.26. The summed E-state index contributed by atoms with van der Waals surface area (Å²) in [6.07, 6.45) is 0. The monoisotopic (exact) mass is 314 g/mol. The van der Waals surface area contributed by atoms with Crippen molar-refractivity contribution in [2.45, 2.75) is 27.3 Å². The van der Waals surface area contributed by atoms with Crippen LogP contribution in [0.5, 0.6) is 0 Å². The zero-order valence-electron chi connectivity index (χ0n) is 12.9. The van der Waals surface area contributed by atoms with Crippen molar-refractivity contribution in [2.75, 3.05) is 6.54 Å². The highest BCUT2D eigenvalue weighted by Crippen LogP contribution is 2.24. The Hall–Kier alpha value is -2.21. The van der Waals surface area contributed by atoms with Crippen molar-refractivity contribution in [1.29, 1.82) is 0 Å². The van der Waals surface area contributed by atoms with Crippen LogP contribution in [-0.2, 0) is 6.54 Å². The Bertz CT molecular complexity index is 806. The lowest BCUT2D eigenvalue weighted by molar-refractivity contribution is 0.0756. The molecule has 0 aliphatic carbocycles. The zero-order chi connectivity index (χ0) is 15.7. The van der Waals surface area contributed by atoms with E-state index in [0.29, 0.717) is 13.1 Å². The molecule has 0 bridgehead atoms. The lowest BCUT2D eigenvalue weighted by atomic mass is 10.2. The van der Waals surface area contributed by atoms with Gasteiger partial charge in [0.05, 0.1) is 0 Å². The van der Waals surface area contributed by atoms with Gasteiger partial charge in [-0.3, -0.25) is 9.20 Å². The molecule has 6 heteroatoms. The average Bonchev–Trinajstić information content (AvgIpc) is 3.06. The Morgan fingerprint density at radius 3 is 2.59 bits per heavy atom. The molecule has 0 saturated heterocycles. The fourth-order valence-electron chi connectivity index (χ4n) is 2.53. The van der Waals surface area contributed by atoms with E-state index in [0.717, 1.165) is 26.9 Å². The molecule has 2 aromatic heterocycles. The predicted octanol–water partition coefficient (Wildman–Crippen LogP) is 3.07. The van der Waals surface area contributed by atoms with Crippen LogP contribution in [0.25, 0.3) is 4.96 Å².